The molecule has 3 unspecified atom stereocenters. The number of rotatable bonds is 12. The van der Waals surface area contributed by atoms with Crippen LogP contribution in [0.25, 0.3) is 0 Å². The summed E-state index contributed by atoms with van der Waals surface area (Å²) < 4.78 is 24.3. The number of amides is 3. The van der Waals surface area contributed by atoms with E-state index in [1.165, 1.54) is 38.1 Å². The number of nitriles is 1. The SMILES string of the molecule is CC(C)(C)NC(=O)[C@@H]1CC2CCCCC2CN1C[C@@H](O)C(Cc1ccccc1)NC(=O)[C@@H](NC(=O)c1cccc(C#N)c1)C(C)(C)S(C)(=O)=O. The molecule has 1 aliphatic carbocycles. The van der Waals surface area contributed by atoms with Gasteiger partial charge in [-0.3, -0.25) is 19.3 Å². The van der Waals surface area contributed by atoms with Gasteiger partial charge < -0.3 is 21.1 Å². The molecule has 11 nitrogen and oxygen atoms in total. The molecule has 0 aromatic heterocycles. The molecule has 2 aliphatic rings. The van der Waals surface area contributed by atoms with Crippen LogP contribution in [-0.2, 0) is 25.8 Å². The minimum atomic E-state index is -3.91. The third-order valence-electron chi connectivity index (χ3n) is 10.3. The summed E-state index contributed by atoms with van der Waals surface area (Å²) in [5.74, 6) is -0.744. The molecule has 272 valence electrons. The molecule has 1 saturated carbocycles. The summed E-state index contributed by atoms with van der Waals surface area (Å²) in [6, 6.07) is 14.3. The molecule has 2 aromatic rings. The Kier molecular flexibility index (Phi) is 12.5. The maximum absolute atomic E-state index is 14.2. The van der Waals surface area contributed by atoms with Crippen molar-refractivity contribution >= 4 is 27.6 Å². The molecule has 0 bridgehead atoms. The molecule has 1 aliphatic heterocycles. The van der Waals surface area contributed by atoms with Crippen LogP contribution in [0, 0.1) is 23.2 Å². The van der Waals surface area contributed by atoms with Gasteiger partial charge in [-0.2, -0.15) is 5.26 Å². The highest BCUT2D eigenvalue weighted by Gasteiger charge is 2.46. The highest BCUT2D eigenvalue weighted by Crippen LogP contribution is 2.39. The zero-order valence-electron chi connectivity index (χ0n) is 30.1. The van der Waals surface area contributed by atoms with E-state index in [1.54, 1.807) is 0 Å². The lowest BCUT2D eigenvalue weighted by Gasteiger charge is -2.47. The van der Waals surface area contributed by atoms with E-state index >= 15 is 0 Å². The average Bonchev–Trinajstić information content (AvgIpc) is 3.05. The quantitative estimate of drug-likeness (QED) is 0.261. The summed E-state index contributed by atoms with van der Waals surface area (Å²) in [6.07, 6.45) is 5.19. The second kappa shape index (κ2) is 16.0. The fraction of sp³-hybridized carbons (Fsp3) is 0.579. The summed E-state index contributed by atoms with van der Waals surface area (Å²) in [4.78, 5) is 43.3. The number of hydrogen-bond acceptors (Lipinski definition) is 8. The number of carbonyl (C=O) groups excluding carboxylic acids is 3. The highest BCUT2D eigenvalue weighted by atomic mass is 32.2. The normalized spacial score (nSPS) is 21.8. The Morgan fingerprint density at radius 3 is 2.26 bits per heavy atom. The molecule has 1 saturated heterocycles. The summed E-state index contributed by atoms with van der Waals surface area (Å²) in [7, 11) is -3.91. The fourth-order valence-electron chi connectivity index (χ4n) is 7.13. The molecule has 12 heteroatoms. The molecule has 0 radical (unpaired) electrons. The third-order valence-corrected chi connectivity index (χ3v) is 12.4. The number of likely N-dealkylation sites (tertiary alicyclic amines) is 1. The van der Waals surface area contributed by atoms with Gasteiger partial charge in [0.2, 0.25) is 11.8 Å². The number of β-amino-alcohol motifs (C(OH)–C–C–N with tert-alkyl or cyclic N) is 1. The first-order chi connectivity index (χ1) is 23.4. The van der Waals surface area contributed by atoms with Crippen molar-refractivity contribution in [2.75, 3.05) is 19.3 Å². The molecule has 1 heterocycles. The van der Waals surface area contributed by atoms with Gasteiger partial charge in [-0.15, -0.1) is 0 Å². The van der Waals surface area contributed by atoms with Crippen molar-refractivity contribution in [3.63, 3.8) is 0 Å². The minimum Gasteiger partial charge on any atom is -0.390 e. The summed E-state index contributed by atoms with van der Waals surface area (Å²) in [6.45, 7) is 9.32. The number of carbonyl (C=O) groups is 3. The number of piperidine rings is 1. The van der Waals surface area contributed by atoms with Crippen molar-refractivity contribution in [3.8, 4) is 6.07 Å². The van der Waals surface area contributed by atoms with Gasteiger partial charge in [0.25, 0.3) is 5.91 Å². The smallest absolute Gasteiger partial charge is 0.252 e. The van der Waals surface area contributed by atoms with Gasteiger partial charge >= 0.3 is 0 Å². The number of benzene rings is 2. The van der Waals surface area contributed by atoms with Gasteiger partial charge in [0, 0.05) is 30.4 Å². The molecular formula is C38H53N5O6S. The molecule has 4 rings (SSSR count). The summed E-state index contributed by atoms with van der Waals surface area (Å²) >= 11 is 0. The third kappa shape index (κ3) is 9.92. The molecule has 50 heavy (non-hydrogen) atoms. The van der Waals surface area contributed by atoms with E-state index in [2.05, 4.69) is 16.0 Å². The van der Waals surface area contributed by atoms with Crippen LogP contribution in [0.4, 0.5) is 0 Å². The largest absolute Gasteiger partial charge is 0.390 e. The molecular weight excluding hydrogens is 655 g/mol. The lowest BCUT2D eigenvalue weighted by atomic mass is 9.72. The number of aliphatic hydroxyl groups excluding tert-OH is 1. The first kappa shape index (κ1) is 39.0. The van der Waals surface area contributed by atoms with E-state index in [9.17, 15) is 33.2 Å². The van der Waals surface area contributed by atoms with E-state index in [0.717, 1.165) is 37.5 Å². The minimum absolute atomic E-state index is 0.0875. The highest BCUT2D eigenvalue weighted by molar-refractivity contribution is 7.92. The van der Waals surface area contributed by atoms with Gasteiger partial charge in [-0.05, 0) is 89.5 Å². The number of sulfone groups is 1. The standard InChI is InChI=1S/C38H53N5O6S/c1-37(2,3)42-35(46)31-21-27-16-10-11-17-29(27)23-43(31)24-32(44)30(20-25-13-8-7-9-14-25)40-36(47)33(38(4,5)50(6,48)49)41-34(45)28-18-12-15-26(19-28)22-39/h7-9,12-15,18-19,27,29-33,44H,10-11,16-17,20-21,23-24H2,1-6H3,(H,40,47)(H,41,45)(H,42,46)/t27?,29?,30?,31-,32+,33+/m0/s1. The average molecular weight is 708 g/mol. The van der Waals surface area contributed by atoms with Gasteiger partial charge in [0.05, 0.1) is 34.6 Å². The first-order valence-corrected chi connectivity index (χ1v) is 19.4. The Bertz CT molecular complexity index is 1670. The Morgan fingerprint density at radius 2 is 1.64 bits per heavy atom. The van der Waals surface area contributed by atoms with Crippen LogP contribution in [-0.4, -0.2) is 90.0 Å². The Hall–Kier alpha value is -3.79. The van der Waals surface area contributed by atoms with Crippen LogP contribution >= 0.6 is 0 Å². The van der Waals surface area contributed by atoms with E-state index < -0.39 is 56.2 Å². The van der Waals surface area contributed by atoms with Gasteiger partial charge in [-0.1, -0.05) is 55.7 Å². The molecule has 4 N–H and O–H groups in total. The molecule has 2 fully saturated rings. The van der Waals surface area contributed by atoms with E-state index in [1.807, 2.05) is 62.1 Å². The second-order valence-electron chi connectivity index (χ2n) is 15.6. The number of nitrogens with zero attached hydrogens (tertiary/aromatic N) is 2. The van der Waals surface area contributed by atoms with Crippen LogP contribution in [0.2, 0.25) is 0 Å². The van der Waals surface area contributed by atoms with Gasteiger partial charge in [-0.25, -0.2) is 8.42 Å². The van der Waals surface area contributed by atoms with Crippen molar-refractivity contribution in [1.29, 1.82) is 5.26 Å². The zero-order valence-corrected chi connectivity index (χ0v) is 30.9. The predicted octanol–water partition coefficient (Wildman–Crippen LogP) is 3.36. The van der Waals surface area contributed by atoms with Crippen molar-refractivity contribution in [3.05, 3.63) is 71.3 Å². The number of nitrogens with one attached hydrogen (secondary N) is 3. The van der Waals surface area contributed by atoms with Crippen LogP contribution in [0.15, 0.2) is 54.6 Å². The summed E-state index contributed by atoms with van der Waals surface area (Å²) in [5, 5.41) is 29.9. The van der Waals surface area contributed by atoms with Crippen molar-refractivity contribution in [2.24, 2.45) is 11.8 Å². The van der Waals surface area contributed by atoms with Crippen LogP contribution < -0.4 is 16.0 Å². The van der Waals surface area contributed by atoms with Crippen molar-refractivity contribution in [2.45, 2.75) is 108 Å². The zero-order chi connectivity index (χ0) is 36.9. The Balaban J connectivity index is 1.64. The molecule has 6 atom stereocenters. The maximum Gasteiger partial charge on any atom is 0.252 e. The number of fused-ring (bicyclic) bond motifs is 1. The molecule has 3 amide bonds. The van der Waals surface area contributed by atoms with Crippen LogP contribution in [0.1, 0.15) is 88.2 Å². The Morgan fingerprint density at radius 1 is 0.980 bits per heavy atom. The van der Waals surface area contributed by atoms with E-state index in [-0.39, 0.29) is 30.0 Å². The lowest BCUT2D eigenvalue weighted by Crippen LogP contribution is -2.64. The van der Waals surface area contributed by atoms with E-state index in [0.29, 0.717) is 24.8 Å². The lowest BCUT2D eigenvalue weighted by molar-refractivity contribution is -0.133. The maximum atomic E-state index is 14.2. The molecule has 0 spiro atoms. The number of aliphatic hydroxyl groups is 1. The molecule has 2 aromatic carbocycles. The number of hydrogen-bond donors (Lipinski definition) is 4. The van der Waals surface area contributed by atoms with Crippen molar-refractivity contribution in [1.82, 2.24) is 20.9 Å². The summed E-state index contributed by atoms with van der Waals surface area (Å²) in [5.41, 5.74) is 0.730. The topological polar surface area (TPSA) is 169 Å². The first-order valence-electron chi connectivity index (χ1n) is 17.5. The van der Waals surface area contributed by atoms with Crippen LogP contribution in [0.3, 0.4) is 0 Å². The van der Waals surface area contributed by atoms with Gasteiger partial charge in [0.1, 0.15) is 6.04 Å². The van der Waals surface area contributed by atoms with Crippen molar-refractivity contribution < 1.29 is 27.9 Å². The predicted molar refractivity (Wildman–Crippen MR) is 193 cm³/mol. The Labute approximate surface area is 297 Å². The van der Waals surface area contributed by atoms with E-state index in [4.69, 9.17) is 0 Å². The fourth-order valence-corrected chi connectivity index (χ4v) is 7.72. The monoisotopic (exact) mass is 707 g/mol. The van der Waals surface area contributed by atoms with Gasteiger partial charge in [0.15, 0.2) is 9.84 Å². The second-order valence-corrected chi connectivity index (χ2v) is 18.2. The van der Waals surface area contributed by atoms with Crippen LogP contribution in [0.5, 0.6) is 0 Å².